The van der Waals surface area contributed by atoms with Gasteiger partial charge >= 0.3 is 0 Å². The maximum absolute atomic E-state index is 6.77. The third kappa shape index (κ3) is 4.51. The van der Waals surface area contributed by atoms with Gasteiger partial charge in [-0.15, -0.1) is 22.7 Å². The maximum Gasteiger partial charge on any atom is 0.164 e. The van der Waals surface area contributed by atoms with Gasteiger partial charge in [-0.2, -0.15) is 0 Å². The van der Waals surface area contributed by atoms with E-state index < -0.39 is 0 Å². The minimum Gasteiger partial charge on any atom is -0.208 e. The number of hydrogen-bond donors (Lipinski definition) is 0. The van der Waals surface area contributed by atoms with Crippen molar-refractivity contribution < 1.29 is 0 Å². The van der Waals surface area contributed by atoms with E-state index in [0.717, 1.165) is 43.3 Å². The molecule has 0 aliphatic carbocycles. The summed E-state index contributed by atoms with van der Waals surface area (Å²) in [4.78, 5) is 15.6. The van der Waals surface area contributed by atoms with Gasteiger partial charge < -0.3 is 0 Å². The second-order valence-corrected chi connectivity index (χ2v) is 13.6. The Kier molecular flexibility index (Phi) is 6.23. The fourth-order valence-corrected chi connectivity index (χ4v) is 8.76. The lowest BCUT2D eigenvalue weighted by Gasteiger charge is -2.12. The first kappa shape index (κ1) is 26.5. The molecule has 0 aliphatic heterocycles. The smallest absolute Gasteiger partial charge is 0.164 e. The van der Waals surface area contributed by atoms with E-state index in [1.165, 1.54) is 24.9 Å². The molecule has 3 nitrogen and oxygen atoms in total. The first-order valence-corrected chi connectivity index (χ1v) is 16.6. The Morgan fingerprint density at radius 3 is 1.73 bits per heavy atom. The molecule has 6 heteroatoms. The van der Waals surface area contributed by atoms with E-state index in [9.17, 15) is 0 Å². The van der Waals surface area contributed by atoms with E-state index in [1.54, 1.807) is 22.7 Å². The number of fused-ring (bicyclic) bond motifs is 6. The van der Waals surface area contributed by atoms with Gasteiger partial charge in [-0.3, -0.25) is 0 Å². The molecule has 0 atom stereocenters. The van der Waals surface area contributed by atoms with Gasteiger partial charge in [-0.1, -0.05) is 109 Å². The summed E-state index contributed by atoms with van der Waals surface area (Å²) in [5, 5.41) is 5.31. The zero-order valence-electron chi connectivity index (χ0n) is 23.7. The largest absolute Gasteiger partial charge is 0.208 e. The molecule has 6 aromatic carbocycles. The van der Waals surface area contributed by atoms with Crippen LogP contribution in [0.25, 0.3) is 85.6 Å². The topological polar surface area (TPSA) is 38.7 Å². The van der Waals surface area contributed by atoms with Crippen LogP contribution >= 0.6 is 34.3 Å². The van der Waals surface area contributed by atoms with Crippen LogP contribution in [0, 0.1) is 0 Å². The number of halogens is 1. The first-order valence-electron chi connectivity index (χ1n) is 14.6. The third-order valence-corrected chi connectivity index (χ3v) is 10.7. The van der Waals surface area contributed by atoms with Gasteiger partial charge in [0.1, 0.15) is 0 Å². The standard InChI is InChI=1S/C39H22ClN3S2/c40-26-21-30(36-28-15-5-7-18-32(28)45-34(36)22-26)39-42-37(25-13-8-12-24(20-25)23-10-2-1-3-11-23)41-38(43-39)29-16-9-19-33-35(29)27-14-4-6-17-31(27)44-33/h1-22H. The van der Waals surface area contributed by atoms with E-state index in [2.05, 4.69) is 115 Å². The predicted molar refractivity (Wildman–Crippen MR) is 192 cm³/mol. The number of hydrogen-bond acceptors (Lipinski definition) is 5. The summed E-state index contributed by atoms with van der Waals surface area (Å²) >= 11 is 10.3. The van der Waals surface area contributed by atoms with Crippen LogP contribution in [0.2, 0.25) is 5.02 Å². The highest BCUT2D eigenvalue weighted by Crippen LogP contribution is 2.43. The van der Waals surface area contributed by atoms with Crippen molar-refractivity contribution in [3.63, 3.8) is 0 Å². The van der Waals surface area contributed by atoms with Gasteiger partial charge in [0.15, 0.2) is 17.5 Å². The van der Waals surface area contributed by atoms with Gasteiger partial charge in [0, 0.05) is 62.1 Å². The molecule has 212 valence electrons. The van der Waals surface area contributed by atoms with Gasteiger partial charge in [-0.25, -0.2) is 15.0 Å². The molecule has 0 saturated heterocycles. The van der Waals surface area contributed by atoms with Crippen molar-refractivity contribution in [2.75, 3.05) is 0 Å². The van der Waals surface area contributed by atoms with Crippen molar-refractivity contribution in [1.29, 1.82) is 0 Å². The predicted octanol–water partition coefficient (Wildman–Crippen LogP) is 11.9. The molecule has 0 amide bonds. The molecular weight excluding hydrogens is 610 g/mol. The Bertz CT molecular complexity index is 2570. The number of benzene rings is 6. The van der Waals surface area contributed by atoms with Crippen LogP contribution in [0.4, 0.5) is 0 Å². The summed E-state index contributed by atoms with van der Waals surface area (Å²) < 4.78 is 4.76. The highest BCUT2D eigenvalue weighted by molar-refractivity contribution is 7.26. The fourth-order valence-electron chi connectivity index (χ4n) is 6.17. The summed E-state index contributed by atoms with van der Waals surface area (Å²) in [6.45, 7) is 0. The normalized spacial score (nSPS) is 11.7. The molecule has 3 aromatic heterocycles. The number of rotatable bonds is 4. The van der Waals surface area contributed by atoms with Crippen molar-refractivity contribution in [3.05, 3.63) is 138 Å². The molecule has 0 radical (unpaired) electrons. The second kappa shape index (κ2) is 10.6. The van der Waals surface area contributed by atoms with Gasteiger partial charge in [-0.05, 0) is 47.5 Å². The molecule has 0 bridgehead atoms. The zero-order valence-corrected chi connectivity index (χ0v) is 26.1. The van der Waals surface area contributed by atoms with Crippen molar-refractivity contribution in [3.8, 4) is 45.3 Å². The lowest BCUT2D eigenvalue weighted by atomic mass is 10.0. The van der Waals surface area contributed by atoms with Gasteiger partial charge in [0.25, 0.3) is 0 Å². The highest BCUT2D eigenvalue weighted by atomic mass is 35.5. The third-order valence-electron chi connectivity index (χ3n) is 8.19. The maximum atomic E-state index is 6.77. The molecule has 9 aromatic rings. The van der Waals surface area contributed by atoms with E-state index in [1.807, 2.05) is 18.2 Å². The summed E-state index contributed by atoms with van der Waals surface area (Å²) in [5.74, 6) is 1.87. The fraction of sp³-hybridized carbons (Fsp3) is 0. The lowest BCUT2D eigenvalue weighted by Crippen LogP contribution is -2.01. The van der Waals surface area contributed by atoms with Crippen molar-refractivity contribution in [2.24, 2.45) is 0 Å². The molecule has 9 rings (SSSR count). The summed E-state index contributed by atoms with van der Waals surface area (Å²) in [7, 11) is 0. The molecule has 0 unspecified atom stereocenters. The Hall–Kier alpha value is -4.94. The van der Waals surface area contributed by atoms with E-state index in [-0.39, 0.29) is 0 Å². The Morgan fingerprint density at radius 1 is 0.400 bits per heavy atom. The number of aromatic nitrogens is 3. The molecule has 45 heavy (non-hydrogen) atoms. The number of nitrogens with zero attached hydrogens (tertiary/aromatic N) is 3. The van der Waals surface area contributed by atoms with E-state index in [4.69, 9.17) is 26.6 Å². The van der Waals surface area contributed by atoms with E-state index in [0.29, 0.717) is 22.5 Å². The molecule has 0 N–H and O–H groups in total. The molecule has 0 aliphatic rings. The van der Waals surface area contributed by atoms with Crippen LogP contribution < -0.4 is 0 Å². The highest BCUT2D eigenvalue weighted by Gasteiger charge is 2.20. The molecule has 0 fully saturated rings. The zero-order chi connectivity index (χ0) is 29.9. The molecule has 0 spiro atoms. The van der Waals surface area contributed by atoms with Gasteiger partial charge in [0.05, 0.1) is 0 Å². The second-order valence-electron chi connectivity index (χ2n) is 11.0. The lowest BCUT2D eigenvalue weighted by molar-refractivity contribution is 1.08. The van der Waals surface area contributed by atoms with Crippen LogP contribution in [0.15, 0.2) is 133 Å². The van der Waals surface area contributed by atoms with Crippen molar-refractivity contribution in [2.45, 2.75) is 0 Å². The van der Waals surface area contributed by atoms with Crippen molar-refractivity contribution >= 4 is 74.6 Å². The molecule has 0 saturated carbocycles. The minimum absolute atomic E-state index is 0.604. The SMILES string of the molecule is Clc1cc(-c2nc(-c3cccc(-c4ccccc4)c3)nc(-c3cccc4sc5ccccc5c34)n2)c2c(c1)sc1ccccc12. The van der Waals surface area contributed by atoms with Crippen molar-refractivity contribution in [1.82, 2.24) is 15.0 Å². The molecule has 3 heterocycles. The Balaban J connectivity index is 1.35. The van der Waals surface area contributed by atoms with Crippen LogP contribution in [0.5, 0.6) is 0 Å². The molecular formula is C39H22ClN3S2. The van der Waals surface area contributed by atoms with Crippen LogP contribution in [-0.2, 0) is 0 Å². The average molecular weight is 632 g/mol. The Labute approximate surface area is 272 Å². The monoisotopic (exact) mass is 631 g/mol. The summed E-state index contributed by atoms with van der Waals surface area (Å²) in [6.07, 6.45) is 0. The van der Waals surface area contributed by atoms with Gasteiger partial charge in [0.2, 0.25) is 0 Å². The number of thiophene rings is 2. The average Bonchev–Trinajstić information content (AvgIpc) is 3.66. The van der Waals surface area contributed by atoms with E-state index >= 15 is 0 Å². The Morgan fingerprint density at radius 2 is 0.956 bits per heavy atom. The quantitative estimate of drug-likeness (QED) is 0.194. The van der Waals surface area contributed by atoms with Crippen LogP contribution in [0.1, 0.15) is 0 Å². The first-order chi connectivity index (χ1) is 22.2. The minimum atomic E-state index is 0.604. The summed E-state index contributed by atoms with van der Waals surface area (Å²) in [6, 6.07) is 46.2. The summed E-state index contributed by atoms with van der Waals surface area (Å²) in [5.41, 5.74) is 5.07. The van der Waals surface area contributed by atoms with Crippen LogP contribution in [-0.4, -0.2) is 15.0 Å². The van der Waals surface area contributed by atoms with Crippen LogP contribution in [0.3, 0.4) is 0 Å².